The fraction of sp³-hybridized carbons (Fsp3) is 0.280. The highest BCUT2D eigenvalue weighted by Gasteiger charge is 2.34. The zero-order chi connectivity index (χ0) is 25.4. The van der Waals surface area contributed by atoms with Crippen molar-refractivity contribution in [2.75, 3.05) is 25.6 Å². The second-order valence-corrected chi connectivity index (χ2v) is 9.01. The van der Waals surface area contributed by atoms with Crippen molar-refractivity contribution in [1.82, 2.24) is 25.1 Å². The molecule has 9 nitrogen and oxygen atoms in total. The highest BCUT2D eigenvalue weighted by atomic mass is 19.1. The number of aryl methyl sites for hydroxylation is 1. The number of ether oxygens (including phenoxy) is 2. The minimum atomic E-state index is -0.744. The monoisotopic (exact) mass is 494 g/mol. The first-order valence-electron chi connectivity index (χ1n) is 11.2. The van der Waals surface area contributed by atoms with E-state index in [0.717, 1.165) is 6.07 Å². The highest BCUT2D eigenvalue weighted by molar-refractivity contribution is 5.98. The zero-order valence-electron chi connectivity index (χ0n) is 19.9. The van der Waals surface area contributed by atoms with Gasteiger partial charge in [0.15, 0.2) is 11.6 Å². The summed E-state index contributed by atoms with van der Waals surface area (Å²) in [6, 6.07) is 6.30. The summed E-state index contributed by atoms with van der Waals surface area (Å²) in [6.45, 7) is 2.98. The molecule has 1 atom stereocenters. The minimum Gasteiger partial charge on any atom is -0.494 e. The number of carbonyl (C=O) groups excluding carboxylic acids is 1. The van der Waals surface area contributed by atoms with Gasteiger partial charge in [-0.05, 0) is 36.8 Å². The number of hydrogen-bond acceptors (Lipinski definition) is 7. The Hall–Kier alpha value is -4.12. The van der Waals surface area contributed by atoms with Crippen LogP contribution in [0.4, 0.5) is 14.7 Å². The molecule has 0 radical (unpaired) electrons. The van der Waals surface area contributed by atoms with E-state index in [0.29, 0.717) is 30.3 Å². The van der Waals surface area contributed by atoms with Crippen molar-refractivity contribution < 1.29 is 23.0 Å². The third-order valence-corrected chi connectivity index (χ3v) is 6.01. The number of aromatic nitrogens is 4. The normalized spacial score (nSPS) is 15.2. The van der Waals surface area contributed by atoms with Crippen LogP contribution < -0.4 is 15.4 Å². The average molecular weight is 495 g/mol. The number of benzene rings is 2. The molecule has 0 aliphatic carbocycles. The van der Waals surface area contributed by atoms with Gasteiger partial charge in [-0.2, -0.15) is 5.10 Å². The van der Waals surface area contributed by atoms with Crippen LogP contribution in [0.2, 0.25) is 0 Å². The van der Waals surface area contributed by atoms with Gasteiger partial charge in [0.1, 0.15) is 5.82 Å². The van der Waals surface area contributed by atoms with Crippen molar-refractivity contribution in [3.05, 3.63) is 77.2 Å². The van der Waals surface area contributed by atoms with Gasteiger partial charge in [0, 0.05) is 30.6 Å². The zero-order valence-corrected chi connectivity index (χ0v) is 19.9. The number of rotatable bonds is 7. The first-order valence-corrected chi connectivity index (χ1v) is 11.2. The van der Waals surface area contributed by atoms with Crippen LogP contribution >= 0.6 is 0 Å². The van der Waals surface area contributed by atoms with E-state index >= 15 is 0 Å². The van der Waals surface area contributed by atoms with E-state index in [1.54, 1.807) is 30.2 Å². The lowest BCUT2D eigenvalue weighted by Crippen LogP contribution is -2.53. The number of halogens is 2. The number of anilines is 1. The predicted molar refractivity (Wildman–Crippen MR) is 128 cm³/mol. The topological polar surface area (TPSA) is 103 Å². The van der Waals surface area contributed by atoms with Crippen LogP contribution in [0.15, 0.2) is 48.9 Å². The van der Waals surface area contributed by atoms with E-state index in [1.165, 1.54) is 31.5 Å². The molecule has 1 fully saturated rings. The van der Waals surface area contributed by atoms with Gasteiger partial charge >= 0.3 is 0 Å². The largest absolute Gasteiger partial charge is 0.494 e. The number of hydrogen-bond donors (Lipinski definition) is 2. The summed E-state index contributed by atoms with van der Waals surface area (Å²) in [7, 11) is 3.11. The molecular weight excluding hydrogens is 470 g/mol. The van der Waals surface area contributed by atoms with Crippen LogP contribution in [-0.4, -0.2) is 51.5 Å². The smallest absolute Gasteiger partial charge is 0.252 e. The summed E-state index contributed by atoms with van der Waals surface area (Å²) < 4.78 is 41.2. The number of fused-ring (bicyclic) bond motifs is 1. The Bertz CT molecular complexity index is 1450. The van der Waals surface area contributed by atoms with E-state index in [1.807, 2.05) is 6.92 Å². The lowest BCUT2D eigenvalue weighted by Gasteiger charge is -2.38. The fourth-order valence-electron chi connectivity index (χ4n) is 4.06. The molecular formula is C25H24F2N6O3. The number of nitrogens with one attached hydrogen (secondary N) is 2. The van der Waals surface area contributed by atoms with Gasteiger partial charge < -0.3 is 20.1 Å². The van der Waals surface area contributed by atoms with Crippen molar-refractivity contribution in [3.63, 3.8) is 0 Å². The molecule has 2 N–H and O–H groups in total. The van der Waals surface area contributed by atoms with Crippen molar-refractivity contribution >= 4 is 22.8 Å². The summed E-state index contributed by atoms with van der Waals surface area (Å²) in [5.74, 6) is -1.37. The standard InChI is InChI=1S/C25H24F2N6O3/c1-25(12-36-13-25)32-24-28-10-17-18(26)7-15(8-20(17)30-24)23(34)31-22(16-9-29-33(2)11-16)14-4-5-21(35-3)19(27)6-14/h4-11,22H,12-13H2,1-3H3,(H,31,34)(H,28,30,32)/t22-/m0/s1. The molecule has 36 heavy (non-hydrogen) atoms. The molecule has 11 heteroatoms. The molecule has 1 saturated heterocycles. The van der Waals surface area contributed by atoms with E-state index in [4.69, 9.17) is 9.47 Å². The molecule has 2 aromatic heterocycles. The van der Waals surface area contributed by atoms with Crippen molar-refractivity contribution in [2.24, 2.45) is 7.05 Å². The van der Waals surface area contributed by atoms with E-state index in [2.05, 4.69) is 25.7 Å². The van der Waals surface area contributed by atoms with Gasteiger partial charge in [-0.1, -0.05) is 6.07 Å². The Morgan fingerprint density at radius 3 is 2.61 bits per heavy atom. The van der Waals surface area contributed by atoms with Crippen LogP contribution in [0.5, 0.6) is 5.75 Å². The maximum Gasteiger partial charge on any atom is 0.252 e. The van der Waals surface area contributed by atoms with Gasteiger partial charge in [0.2, 0.25) is 5.95 Å². The summed E-state index contributed by atoms with van der Waals surface area (Å²) in [5.41, 5.74) is 1.13. The molecule has 0 saturated carbocycles. The van der Waals surface area contributed by atoms with Crippen LogP contribution in [0, 0.1) is 11.6 Å². The maximum absolute atomic E-state index is 14.9. The summed E-state index contributed by atoms with van der Waals surface area (Å²) in [5, 5.41) is 10.4. The quantitative estimate of drug-likeness (QED) is 0.406. The van der Waals surface area contributed by atoms with Crippen molar-refractivity contribution in [3.8, 4) is 5.75 Å². The highest BCUT2D eigenvalue weighted by Crippen LogP contribution is 2.28. The van der Waals surface area contributed by atoms with E-state index < -0.39 is 23.6 Å². The second-order valence-electron chi connectivity index (χ2n) is 9.01. The molecule has 2 aromatic carbocycles. The van der Waals surface area contributed by atoms with Gasteiger partial charge in [0.05, 0.1) is 49.0 Å². The summed E-state index contributed by atoms with van der Waals surface area (Å²) in [4.78, 5) is 21.9. The third-order valence-electron chi connectivity index (χ3n) is 6.01. The third kappa shape index (κ3) is 4.57. The molecule has 4 aromatic rings. The predicted octanol–water partition coefficient (Wildman–Crippen LogP) is 3.37. The number of methoxy groups -OCH3 is 1. The number of carbonyl (C=O) groups is 1. The summed E-state index contributed by atoms with van der Waals surface area (Å²) >= 11 is 0. The second kappa shape index (κ2) is 9.15. The molecule has 1 aliphatic heterocycles. The van der Waals surface area contributed by atoms with Crippen LogP contribution in [0.25, 0.3) is 10.9 Å². The van der Waals surface area contributed by atoms with Crippen molar-refractivity contribution in [1.29, 1.82) is 0 Å². The van der Waals surface area contributed by atoms with Crippen molar-refractivity contribution in [2.45, 2.75) is 18.5 Å². The van der Waals surface area contributed by atoms with Crippen LogP contribution in [-0.2, 0) is 11.8 Å². The Kier molecular flexibility index (Phi) is 6.00. The molecule has 0 bridgehead atoms. The maximum atomic E-state index is 14.9. The van der Waals surface area contributed by atoms with Gasteiger partial charge in [-0.15, -0.1) is 0 Å². The van der Waals surface area contributed by atoms with Crippen LogP contribution in [0.1, 0.15) is 34.5 Å². The Labute approximate surface area is 205 Å². The molecule has 3 heterocycles. The molecule has 5 rings (SSSR count). The number of nitrogens with zero attached hydrogens (tertiary/aromatic N) is 4. The fourth-order valence-corrected chi connectivity index (χ4v) is 4.06. The molecule has 0 spiro atoms. The molecule has 186 valence electrons. The van der Waals surface area contributed by atoms with Gasteiger partial charge in [-0.25, -0.2) is 18.7 Å². The van der Waals surface area contributed by atoms with Crippen LogP contribution in [0.3, 0.4) is 0 Å². The Morgan fingerprint density at radius 1 is 1.17 bits per heavy atom. The molecule has 0 unspecified atom stereocenters. The Balaban J connectivity index is 1.47. The summed E-state index contributed by atoms with van der Waals surface area (Å²) in [6.07, 6.45) is 4.66. The van der Waals surface area contributed by atoms with E-state index in [9.17, 15) is 13.6 Å². The molecule has 1 amide bonds. The lowest BCUT2D eigenvalue weighted by molar-refractivity contribution is -0.0322. The number of amides is 1. The van der Waals surface area contributed by atoms with E-state index in [-0.39, 0.29) is 27.8 Å². The van der Waals surface area contributed by atoms with Gasteiger partial charge in [0.25, 0.3) is 5.91 Å². The van der Waals surface area contributed by atoms with Gasteiger partial charge in [-0.3, -0.25) is 9.48 Å². The first kappa shape index (κ1) is 23.6. The molecule has 1 aliphatic rings. The minimum absolute atomic E-state index is 0.0608. The SMILES string of the molecule is COc1ccc([C@H](NC(=O)c2cc(F)c3cnc(NC4(C)COC4)nc3c2)c2cnn(C)c2)cc1F. The average Bonchev–Trinajstić information content (AvgIpc) is 3.27. The Morgan fingerprint density at radius 2 is 1.97 bits per heavy atom. The lowest BCUT2D eigenvalue weighted by atomic mass is 10.00. The first-order chi connectivity index (χ1) is 17.2.